The minimum Gasteiger partial charge on any atom is -0.284 e. The first-order chi connectivity index (χ1) is 10.0. The normalized spacial score (nSPS) is 19.8. The van der Waals surface area contributed by atoms with Crippen molar-refractivity contribution in [3.8, 4) is 0 Å². The van der Waals surface area contributed by atoms with Gasteiger partial charge in [0.05, 0.1) is 6.04 Å². The molecule has 3 rings (SSSR count). The molecule has 2 heterocycles. The lowest BCUT2D eigenvalue weighted by Gasteiger charge is -2.24. The van der Waals surface area contributed by atoms with Crippen LogP contribution in [0.2, 0.25) is 0 Å². The summed E-state index contributed by atoms with van der Waals surface area (Å²) in [4.78, 5) is 2.94. The molecule has 2 aromatic rings. The van der Waals surface area contributed by atoms with E-state index in [0.29, 0.717) is 6.54 Å². The number of benzene rings is 1. The van der Waals surface area contributed by atoms with Gasteiger partial charge in [-0.25, -0.2) is 0 Å². The highest BCUT2D eigenvalue weighted by Gasteiger charge is 2.40. The highest BCUT2D eigenvalue weighted by atomic mass is 32.1. The topological polar surface area (TPSA) is 3.24 Å². The zero-order chi connectivity index (χ0) is 14.9. The quantitative estimate of drug-likeness (QED) is 0.737. The van der Waals surface area contributed by atoms with Crippen molar-refractivity contribution in [2.24, 2.45) is 0 Å². The van der Waals surface area contributed by atoms with Gasteiger partial charge in [0, 0.05) is 23.5 Å². The Kier molecular flexibility index (Phi) is 3.87. The van der Waals surface area contributed by atoms with Gasteiger partial charge in [-0.1, -0.05) is 42.5 Å². The van der Waals surface area contributed by atoms with E-state index in [2.05, 4.69) is 0 Å². The number of thiophene rings is 1. The molecule has 110 valence electrons. The second-order valence-corrected chi connectivity index (χ2v) is 6.06. The number of hydrogen-bond donors (Lipinski definition) is 0. The van der Waals surface area contributed by atoms with Gasteiger partial charge in [0.15, 0.2) is 0 Å². The monoisotopic (exact) mass is 309 g/mol. The summed E-state index contributed by atoms with van der Waals surface area (Å²) in [5, 5.41) is 1.95. The van der Waals surface area contributed by atoms with Gasteiger partial charge < -0.3 is 0 Å². The molecule has 1 aliphatic heterocycles. The van der Waals surface area contributed by atoms with Crippen LogP contribution in [0, 0.1) is 0 Å². The molecule has 1 aromatic heterocycles. The van der Waals surface area contributed by atoms with E-state index in [0.717, 1.165) is 10.4 Å². The van der Waals surface area contributed by atoms with Crippen molar-refractivity contribution in [3.05, 3.63) is 69.9 Å². The van der Waals surface area contributed by atoms with Crippen LogP contribution < -0.4 is 0 Å². The van der Waals surface area contributed by atoms with Crippen molar-refractivity contribution in [2.45, 2.75) is 18.8 Å². The Hall–Kier alpha value is -1.59. The summed E-state index contributed by atoms with van der Waals surface area (Å²) in [6, 6.07) is 12.9. The summed E-state index contributed by atoms with van der Waals surface area (Å²) in [5.41, 5.74) is 0.446. The third kappa shape index (κ3) is 3.19. The van der Waals surface area contributed by atoms with Crippen LogP contribution in [0.4, 0.5) is 13.2 Å². The van der Waals surface area contributed by atoms with Crippen molar-refractivity contribution >= 4 is 11.3 Å². The predicted molar refractivity (Wildman–Crippen MR) is 78.1 cm³/mol. The minimum absolute atomic E-state index is 0.0546. The largest absolute Gasteiger partial charge is 0.413 e. The summed E-state index contributed by atoms with van der Waals surface area (Å²) in [6.07, 6.45) is -2.90. The molecule has 1 atom stereocenters. The molecule has 1 unspecified atom stereocenters. The average molecular weight is 309 g/mol. The highest BCUT2D eigenvalue weighted by molar-refractivity contribution is 7.09. The molecule has 0 spiro atoms. The van der Waals surface area contributed by atoms with Crippen molar-refractivity contribution in [1.29, 1.82) is 0 Å². The summed E-state index contributed by atoms with van der Waals surface area (Å²) in [7, 11) is 0. The fourth-order valence-electron chi connectivity index (χ4n) is 2.56. The SMILES string of the molecule is FC(F)(F)C1=CC(c2ccccc2)N(Cc2cccs2)C1. The fraction of sp³-hybridized carbons (Fsp3) is 0.250. The van der Waals surface area contributed by atoms with Gasteiger partial charge in [-0.05, 0) is 17.0 Å². The molecule has 0 saturated heterocycles. The Labute approximate surface area is 125 Å². The van der Waals surface area contributed by atoms with E-state index in [1.165, 1.54) is 6.08 Å². The second-order valence-electron chi connectivity index (χ2n) is 5.03. The molecular weight excluding hydrogens is 295 g/mol. The van der Waals surface area contributed by atoms with Gasteiger partial charge in [-0.15, -0.1) is 11.3 Å². The van der Waals surface area contributed by atoms with Gasteiger partial charge in [0.1, 0.15) is 0 Å². The molecule has 0 saturated carbocycles. The Bertz CT molecular complexity index is 617. The number of rotatable bonds is 3. The molecule has 0 aliphatic carbocycles. The third-order valence-electron chi connectivity index (χ3n) is 3.57. The number of halogens is 3. The molecule has 0 amide bonds. The third-order valence-corrected chi connectivity index (χ3v) is 4.43. The number of hydrogen-bond acceptors (Lipinski definition) is 2. The van der Waals surface area contributed by atoms with Crippen LogP contribution in [0.1, 0.15) is 16.5 Å². The highest BCUT2D eigenvalue weighted by Crippen LogP contribution is 2.38. The zero-order valence-corrected chi connectivity index (χ0v) is 12.0. The fourth-order valence-corrected chi connectivity index (χ4v) is 3.29. The Morgan fingerprint density at radius 1 is 1.10 bits per heavy atom. The van der Waals surface area contributed by atoms with Crippen molar-refractivity contribution in [3.63, 3.8) is 0 Å². The van der Waals surface area contributed by atoms with Crippen LogP contribution in [0.25, 0.3) is 0 Å². The van der Waals surface area contributed by atoms with Gasteiger partial charge in [0.2, 0.25) is 0 Å². The van der Waals surface area contributed by atoms with Crippen LogP contribution in [-0.2, 0) is 6.54 Å². The molecule has 5 heteroatoms. The molecule has 21 heavy (non-hydrogen) atoms. The number of nitrogens with zero attached hydrogens (tertiary/aromatic N) is 1. The van der Waals surface area contributed by atoms with Crippen LogP contribution in [0.15, 0.2) is 59.5 Å². The predicted octanol–water partition coefficient (Wildman–Crippen LogP) is 4.79. The van der Waals surface area contributed by atoms with E-state index in [1.54, 1.807) is 11.3 Å². The van der Waals surface area contributed by atoms with Crippen LogP contribution in [0.5, 0.6) is 0 Å². The Balaban J connectivity index is 1.88. The van der Waals surface area contributed by atoms with Crippen LogP contribution in [-0.4, -0.2) is 17.6 Å². The maximum Gasteiger partial charge on any atom is 0.413 e. The Morgan fingerprint density at radius 3 is 2.48 bits per heavy atom. The van der Waals surface area contributed by atoms with E-state index in [4.69, 9.17) is 0 Å². The maximum atomic E-state index is 13.0. The van der Waals surface area contributed by atoms with Gasteiger partial charge in [-0.2, -0.15) is 13.2 Å². The van der Waals surface area contributed by atoms with Crippen LogP contribution >= 0.6 is 11.3 Å². The van der Waals surface area contributed by atoms with E-state index < -0.39 is 11.7 Å². The summed E-state index contributed by atoms with van der Waals surface area (Å²) < 4.78 is 39.0. The lowest BCUT2D eigenvalue weighted by Crippen LogP contribution is -2.26. The zero-order valence-electron chi connectivity index (χ0n) is 11.2. The lowest BCUT2D eigenvalue weighted by atomic mass is 10.1. The van der Waals surface area contributed by atoms with Gasteiger partial charge >= 0.3 is 6.18 Å². The molecule has 1 aliphatic rings. The van der Waals surface area contributed by atoms with Crippen molar-refractivity contribution in [1.82, 2.24) is 4.90 Å². The van der Waals surface area contributed by atoms with E-state index in [1.807, 2.05) is 52.7 Å². The molecule has 1 nitrogen and oxygen atoms in total. The maximum absolute atomic E-state index is 13.0. The van der Waals surface area contributed by atoms with E-state index in [-0.39, 0.29) is 12.6 Å². The van der Waals surface area contributed by atoms with Crippen molar-refractivity contribution < 1.29 is 13.2 Å². The smallest absolute Gasteiger partial charge is 0.284 e. The molecule has 0 fully saturated rings. The summed E-state index contributed by atoms with van der Waals surface area (Å²) in [5.74, 6) is 0. The van der Waals surface area contributed by atoms with Gasteiger partial charge in [0.25, 0.3) is 0 Å². The Morgan fingerprint density at radius 2 is 1.86 bits per heavy atom. The molecule has 0 N–H and O–H groups in total. The van der Waals surface area contributed by atoms with E-state index in [9.17, 15) is 13.2 Å². The number of alkyl halides is 3. The first-order valence-electron chi connectivity index (χ1n) is 6.63. The van der Waals surface area contributed by atoms with Crippen LogP contribution in [0.3, 0.4) is 0 Å². The summed E-state index contributed by atoms with van der Waals surface area (Å²) in [6.45, 7) is 0.480. The molecular formula is C16H14F3NS. The molecule has 1 aromatic carbocycles. The van der Waals surface area contributed by atoms with Crippen molar-refractivity contribution in [2.75, 3.05) is 6.54 Å². The molecule has 0 bridgehead atoms. The first kappa shape index (κ1) is 14.4. The lowest BCUT2D eigenvalue weighted by molar-refractivity contribution is -0.0937. The van der Waals surface area contributed by atoms with Gasteiger partial charge in [-0.3, -0.25) is 4.90 Å². The average Bonchev–Trinajstić information content (AvgIpc) is 3.09. The molecule has 0 radical (unpaired) electrons. The standard InChI is InChI=1S/C16H14F3NS/c17-16(18,19)13-9-15(12-5-2-1-3-6-12)20(10-13)11-14-7-4-8-21-14/h1-9,15H,10-11H2. The summed E-state index contributed by atoms with van der Waals surface area (Å²) >= 11 is 1.57. The first-order valence-corrected chi connectivity index (χ1v) is 7.51. The van der Waals surface area contributed by atoms with E-state index >= 15 is 0 Å². The second kappa shape index (κ2) is 5.66. The minimum atomic E-state index is -4.25.